The number of aryl methyl sites for hydroxylation is 3. The molecule has 0 bridgehead atoms. The van der Waals surface area contributed by atoms with Crippen molar-refractivity contribution in [1.82, 2.24) is 9.97 Å². The Morgan fingerprint density at radius 1 is 1.03 bits per heavy atom. The Balaban J connectivity index is 1.38. The van der Waals surface area contributed by atoms with Gasteiger partial charge in [-0.1, -0.05) is 24.3 Å². The van der Waals surface area contributed by atoms with Crippen molar-refractivity contribution in [2.45, 2.75) is 39.0 Å². The molecule has 2 N–H and O–H groups in total. The summed E-state index contributed by atoms with van der Waals surface area (Å²) in [6.07, 6.45) is 3.52. The fraction of sp³-hybridized carbons (Fsp3) is 0.250. The molecule has 0 radical (unpaired) electrons. The molecule has 0 aliphatic heterocycles. The number of carbonyl (C=O) groups is 2. The number of Topliss-reactive ketones (excluding diaryl/α,β-unsaturated/α-hetero) is 1. The van der Waals surface area contributed by atoms with Crippen LogP contribution in [0.2, 0.25) is 0 Å². The molecule has 0 fully saturated rings. The second-order valence-electron chi connectivity index (χ2n) is 7.62. The van der Waals surface area contributed by atoms with E-state index >= 15 is 0 Å². The molecule has 1 aromatic heterocycles. The molecular weight excluding hydrogens is 378 g/mol. The number of aromatic nitrogens is 2. The van der Waals surface area contributed by atoms with Gasteiger partial charge < -0.3 is 10.3 Å². The molecule has 6 heteroatoms. The molecule has 4 rings (SSSR count). The highest BCUT2D eigenvalue weighted by atomic mass is 16.2. The van der Waals surface area contributed by atoms with E-state index < -0.39 is 0 Å². The maximum absolute atomic E-state index is 12.5. The first-order chi connectivity index (χ1) is 14.5. The van der Waals surface area contributed by atoms with Gasteiger partial charge in [-0.2, -0.15) is 0 Å². The zero-order chi connectivity index (χ0) is 21.1. The summed E-state index contributed by atoms with van der Waals surface area (Å²) < 4.78 is 0. The van der Waals surface area contributed by atoms with Crippen LogP contribution in [0.1, 0.15) is 46.4 Å². The average molecular weight is 401 g/mol. The predicted octanol–water partition coefficient (Wildman–Crippen LogP) is 3.84. The van der Waals surface area contributed by atoms with Crippen LogP contribution in [-0.4, -0.2) is 21.7 Å². The summed E-state index contributed by atoms with van der Waals surface area (Å²) in [6.45, 7) is 1.75. The van der Waals surface area contributed by atoms with Gasteiger partial charge in [0.1, 0.15) is 5.82 Å². The molecule has 0 saturated heterocycles. The summed E-state index contributed by atoms with van der Waals surface area (Å²) in [4.78, 5) is 43.5. The standard InChI is InChI=1S/C24H23N3O3/c1-15-12-23(30)27-24(25-15)19-6-3-7-20(14-19)26-22(29)11-10-21(28)18-9-8-16-4-2-5-17(16)13-18/h3,6-9,12-14H,2,4-5,10-11H2,1H3,(H,26,29)(H,25,27,30). The number of fused-ring (bicyclic) bond motifs is 1. The molecule has 0 saturated carbocycles. The average Bonchev–Trinajstić information content (AvgIpc) is 3.19. The number of anilines is 1. The summed E-state index contributed by atoms with van der Waals surface area (Å²) in [6, 6.07) is 14.4. The van der Waals surface area contributed by atoms with Crippen molar-refractivity contribution in [2.24, 2.45) is 0 Å². The number of hydrogen-bond acceptors (Lipinski definition) is 4. The molecule has 6 nitrogen and oxygen atoms in total. The lowest BCUT2D eigenvalue weighted by Crippen LogP contribution is -2.14. The Morgan fingerprint density at radius 2 is 1.87 bits per heavy atom. The summed E-state index contributed by atoms with van der Waals surface area (Å²) in [5, 5.41) is 2.82. The van der Waals surface area contributed by atoms with Crippen LogP contribution in [0, 0.1) is 6.92 Å². The van der Waals surface area contributed by atoms with Gasteiger partial charge >= 0.3 is 0 Å². The first-order valence-electron chi connectivity index (χ1n) is 10.1. The van der Waals surface area contributed by atoms with E-state index in [4.69, 9.17) is 0 Å². The lowest BCUT2D eigenvalue weighted by molar-refractivity contribution is -0.116. The van der Waals surface area contributed by atoms with Crippen LogP contribution in [-0.2, 0) is 17.6 Å². The van der Waals surface area contributed by atoms with Gasteiger partial charge in [0.2, 0.25) is 5.91 Å². The second kappa shape index (κ2) is 8.45. The number of amides is 1. The highest BCUT2D eigenvalue weighted by Gasteiger charge is 2.15. The molecule has 1 aliphatic rings. The van der Waals surface area contributed by atoms with Crippen LogP contribution in [0.15, 0.2) is 53.3 Å². The molecule has 30 heavy (non-hydrogen) atoms. The Hall–Kier alpha value is -3.54. The van der Waals surface area contributed by atoms with E-state index in [9.17, 15) is 14.4 Å². The molecule has 1 amide bonds. The fourth-order valence-electron chi connectivity index (χ4n) is 3.80. The van der Waals surface area contributed by atoms with Crippen LogP contribution < -0.4 is 10.9 Å². The van der Waals surface area contributed by atoms with Crippen LogP contribution in [0.25, 0.3) is 11.4 Å². The second-order valence-corrected chi connectivity index (χ2v) is 7.62. The minimum absolute atomic E-state index is 0.0184. The number of rotatable bonds is 6. The largest absolute Gasteiger partial charge is 0.326 e. The number of benzene rings is 2. The predicted molar refractivity (Wildman–Crippen MR) is 116 cm³/mol. The van der Waals surface area contributed by atoms with Gasteiger partial charge in [-0.15, -0.1) is 0 Å². The van der Waals surface area contributed by atoms with Gasteiger partial charge in [0.05, 0.1) is 0 Å². The van der Waals surface area contributed by atoms with Crippen molar-refractivity contribution in [3.8, 4) is 11.4 Å². The van der Waals surface area contributed by atoms with E-state index in [1.165, 1.54) is 17.2 Å². The van der Waals surface area contributed by atoms with Crippen LogP contribution in [0.5, 0.6) is 0 Å². The Bertz CT molecular complexity index is 1180. The van der Waals surface area contributed by atoms with Gasteiger partial charge in [-0.05, 0) is 55.5 Å². The minimum atomic E-state index is -0.229. The van der Waals surface area contributed by atoms with Gasteiger partial charge in [-0.25, -0.2) is 4.98 Å². The number of aromatic amines is 1. The van der Waals surface area contributed by atoms with Crippen LogP contribution in [0.4, 0.5) is 5.69 Å². The number of nitrogens with one attached hydrogen (secondary N) is 2. The van der Waals surface area contributed by atoms with Gasteiger partial charge in [-0.3, -0.25) is 14.4 Å². The number of carbonyl (C=O) groups excluding carboxylic acids is 2. The van der Waals surface area contributed by atoms with E-state index in [0.717, 1.165) is 19.3 Å². The van der Waals surface area contributed by atoms with Crippen molar-refractivity contribution >= 4 is 17.4 Å². The third kappa shape index (κ3) is 4.54. The molecule has 1 aliphatic carbocycles. The number of ketones is 1. The molecule has 0 spiro atoms. The maximum Gasteiger partial charge on any atom is 0.251 e. The third-order valence-electron chi connectivity index (χ3n) is 5.29. The highest BCUT2D eigenvalue weighted by molar-refractivity contribution is 6.00. The first-order valence-corrected chi connectivity index (χ1v) is 10.1. The summed E-state index contributed by atoms with van der Waals surface area (Å²) in [7, 11) is 0. The SMILES string of the molecule is Cc1cc(=O)[nH]c(-c2cccc(NC(=O)CCC(=O)c3ccc4c(c3)CCC4)c2)n1. The normalized spacial score (nSPS) is 12.4. The lowest BCUT2D eigenvalue weighted by Gasteiger charge is -2.08. The van der Waals surface area contributed by atoms with Gasteiger partial charge in [0, 0.05) is 41.4 Å². The van der Waals surface area contributed by atoms with E-state index in [-0.39, 0.29) is 30.1 Å². The van der Waals surface area contributed by atoms with E-state index in [2.05, 4.69) is 15.3 Å². The van der Waals surface area contributed by atoms with Crippen molar-refractivity contribution in [1.29, 1.82) is 0 Å². The van der Waals surface area contributed by atoms with Crippen LogP contribution >= 0.6 is 0 Å². The number of H-pyrrole nitrogens is 1. The maximum atomic E-state index is 12.5. The molecular formula is C24H23N3O3. The first kappa shape index (κ1) is 19.8. The zero-order valence-corrected chi connectivity index (χ0v) is 16.8. The quantitative estimate of drug-likeness (QED) is 0.614. The molecule has 0 atom stereocenters. The van der Waals surface area contributed by atoms with E-state index in [0.29, 0.717) is 28.3 Å². The van der Waals surface area contributed by atoms with Crippen molar-refractivity contribution in [3.05, 3.63) is 81.3 Å². The molecule has 0 unspecified atom stereocenters. The monoisotopic (exact) mass is 401 g/mol. The van der Waals surface area contributed by atoms with Gasteiger partial charge in [0.15, 0.2) is 5.78 Å². The Kier molecular flexibility index (Phi) is 5.57. The van der Waals surface area contributed by atoms with Crippen molar-refractivity contribution < 1.29 is 9.59 Å². The van der Waals surface area contributed by atoms with Crippen LogP contribution in [0.3, 0.4) is 0 Å². The van der Waals surface area contributed by atoms with E-state index in [1.54, 1.807) is 25.1 Å². The highest BCUT2D eigenvalue weighted by Crippen LogP contribution is 2.24. The molecule has 2 aromatic carbocycles. The fourth-order valence-corrected chi connectivity index (χ4v) is 3.80. The summed E-state index contributed by atoms with van der Waals surface area (Å²) >= 11 is 0. The Morgan fingerprint density at radius 3 is 2.70 bits per heavy atom. The van der Waals surface area contributed by atoms with E-state index in [1.807, 2.05) is 24.3 Å². The third-order valence-corrected chi connectivity index (χ3v) is 5.29. The van der Waals surface area contributed by atoms with Crippen molar-refractivity contribution in [2.75, 3.05) is 5.32 Å². The topological polar surface area (TPSA) is 91.9 Å². The minimum Gasteiger partial charge on any atom is -0.326 e. The van der Waals surface area contributed by atoms with Gasteiger partial charge in [0.25, 0.3) is 5.56 Å². The molecule has 3 aromatic rings. The molecule has 152 valence electrons. The smallest absolute Gasteiger partial charge is 0.251 e. The zero-order valence-electron chi connectivity index (χ0n) is 16.8. The van der Waals surface area contributed by atoms with Crippen molar-refractivity contribution in [3.63, 3.8) is 0 Å². The number of hydrogen-bond donors (Lipinski definition) is 2. The Labute approximate surface area is 174 Å². The summed E-state index contributed by atoms with van der Waals surface area (Å²) in [5.41, 5.74) is 4.94. The number of nitrogens with zero attached hydrogens (tertiary/aromatic N) is 1. The summed E-state index contributed by atoms with van der Waals surface area (Å²) in [5.74, 6) is 0.199. The lowest BCUT2D eigenvalue weighted by atomic mass is 10.0. The molecule has 1 heterocycles.